The van der Waals surface area contributed by atoms with Gasteiger partial charge in [-0.3, -0.25) is 0 Å². The van der Waals surface area contributed by atoms with Gasteiger partial charge >= 0.3 is 0 Å². The van der Waals surface area contributed by atoms with Crippen molar-refractivity contribution in [1.82, 2.24) is 4.98 Å². The summed E-state index contributed by atoms with van der Waals surface area (Å²) in [6, 6.07) is 12.0. The van der Waals surface area contributed by atoms with Gasteiger partial charge in [0.1, 0.15) is 5.82 Å². The van der Waals surface area contributed by atoms with E-state index in [0.717, 1.165) is 16.6 Å². The number of nitrogens with one attached hydrogen (secondary N) is 1. The average Bonchev–Trinajstić information content (AvgIpc) is 2.37. The minimum absolute atomic E-state index is 0.778. The Bertz CT molecular complexity index is 502. The molecule has 1 heterocycles. The van der Waals surface area contributed by atoms with Crippen LogP contribution in [0.15, 0.2) is 47.5 Å². The third-order valence-electron chi connectivity index (χ3n) is 2.28. The largest absolute Gasteiger partial charge is 0.373 e. The van der Waals surface area contributed by atoms with Crippen molar-refractivity contribution < 1.29 is 0 Å². The zero-order valence-electron chi connectivity index (χ0n) is 9.48. The predicted molar refractivity (Wildman–Crippen MR) is 74.8 cm³/mol. The molecular weight excluding hydrogens is 252 g/mol. The molecule has 0 unspecified atom stereocenters. The highest BCUT2D eigenvalue weighted by Crippen LogP contribution is 2.25. The van der Waals surface area contributed by atoms with E-state index >= 15 is 0 Å². The van der Waals surface area contributed by atoms with Crippen LogP contribution in [0.3, 0.4) is 0 Å². The third-order valence-corrected chi connectivity index (χ3v) is 3.58. The molecule has 0 aliphatic rings. The predicted octanol–water partition coefficient (Wildman–Crippen LogP) is 4.07. The molecule has 0 bridgehead atoms. The molecule has 0 fully saturated rings. The fourth-order valence-corrected chi connectivity index (χ4v) is 2.58. The molecule has 0 saturated carbocycles. The monoisotopic (exact) mass is 264 g/mol. The van der Waals surface area contributed by atoms with Crippen molar-refractivity contribution in [3.63, 3.8) is 0 Å². The van der Waals surface area contributed by atoms with Crippen LogP contribution in [0.5, 0.6) is 0 Å². The molecule has 1 N–H and O–H groups in total. The Morgan fingerprint density at radius 2 is 2.18 bits per heavy atom. The summed E-state index contributed by atoms with van der Waals surface area (Å²) in [5, 5.41) is 3.81. The molecule has 0 spiro atoms. The molecular formula is C13H13ClN2S. The van der Waals surface area contributed by atoms with Crippen LogP contribution < -0.4 is 5.32 Å². The molecule has 88 valence electrons. The van der Waals surface area contributed by atoms with E-state index in [2.05, 4.69) is 22.4 Å². The van der Waals surface area contributed by atoms with Gasteiger partial charge in [-0.2, -0.15) is 0 Å². The van der Waals surface area contributed by atoms with Gasteiger partial charge in [-0.15, -0.1) is 11.8 Å². The van der Waals surface area contributed by atoms with E-state index in [4.69, 9.17) is 11.6 Å². The van der Waals surface area contributed by atoms with E-state index < -0.39 is 0 Å². The van der Waals surface area contributed by atoms with Gasteiger partial charge in [0.2, 0.25) is 0 Å². The summed E-state index contributed by atoms with van der Waals surface area (Å²) >= 11 is 7.71. The highest BCUT2D eigenvalue weighted by Gasteiger charge is 1.99. The third kappa shape index (κ3) is 3.65. The molecule has 2 rings (SSSR count). The number of aromatic nitrogens is 1. The van der Waals surface area contributed by atoms with Gasteiger partial charge in [-0.05, 0) is 35.9 Å². The maximum Gasteiger partial charge on any atom is 0.125 e. The van der Waals surface area contributed by atoms with Crippen molar-refractivity contribution in [3.8, 4) is 0 Å². The lowest BCUT2D eigenvalue weighted by Crippen LogP contribution is -1.92. The summed E-state index contributed by atoms with van der Waals surface area (Å²) in [4.78, 5) is 5.37. The van der Waals surface area contributed by atoms with Crippen LogP contribution in [0, 0.1) is 0 Å². The van der Waals surface area contributed by atoms with Gasteiger partial charge in [-0.25, -0.2) is 4.98 Å². The highest BCUT2D eigenvalue weighted by molar-refractivity contribution is 7.98. The van der Waals surface area contributed by atoms with E-state index in [1.165, 1.54) is 10.5 Å². The second-order valence-electron chi connectivity index (χ2n) is 3.55. The molecule has 4 heteroatoms. The number of nitrogens with zero attached hydrogens (tertiary/aromatic N) is 1. The second-order valence-corrected chi connectivity index (χ2v) is 5.03. The molecule has 2 nitrogen and oxygen atoms in total. The summed E-state index contributed by atoms with van der Waals surface area (Å²) in [7, 11) is 1.87. The first-order chi connectivity index (χ1) is 8.28. The number of rotatable bonds is 4. The first-order valence-electron chi connectivity index (χ1n) is 5.29. The van der Waals surface area contributed by atoms with Gasteiger partial charge in [0.05, 0.1) is 0 Å². The molecule has 0 atom stereocenters. The lowest BCUT2D eigenvalue weighted by molar-refractivity contribution is 1.24. The lowest BCUT2D eigenvalue weighted by Gasteiger charge is -2.04. The van der Waals surface area contributed by atoms with E-state index in [0.29, 0.717) is 0 Å². The Labute approximate surface area is 110 Å². The fourth-order valence-electron chi connectivity index (χ4n) is 1.42. The Balaban J connectivity index is 2.02. The smallest absolute Gasteiger partial charge is 0.125 e. The second kappa shape index (κ2) is 5.94. The molecule has 0 aliphatic carbocycles. The Hall–Kier alpha value is -1.19. The summed E-state index contributed by atoms with van der Waals surface area (Å²) in [6.07, 6.45) is 1.82. The van der Waals surface area contributed by atoms with E-state index in [9.17, 15) is 0 Å². The number of anilines is 1. The standard InChI is InChI=1S/C13H13ClN2S/c1-15-13-7-10(5-6-16-13)9-17-12-4-2-3-11(14)8-12/h2-8H,9H2,1H3,(H,15,16). The normalized spacial score (nSPS) is 10.2. The van der Waals surface area contributed by atoms with Crippen LogP contribution in [0.1, 0.15) is 5.56 Å². The minimum Gasteiger partial charge on any atom is -0.373 e. The molecule has 17 heavy (non-hydrogen) atoms. The van der Waals surface area contributed by atoms with Crippen molar-refractivity contribution in [2.24, 2.45) is 0 Å². The molecule has 1 aromatic carbocycles. The van der Waals surface area contributed by atoms with Crippen LogP contribution in [-0.4, -0.2) is 12.0 Å². The van der Waals surface area contributed by atoms with Crippen LogP contribution >= 0.6 is 23.4 Å². The number of hydrogen-bond donors (Lipinski definition) is 1. The number of pyridine rings is 1. The van der Waals surface area contributed by atoms with Crippen molar-refractivity contribution in [2.75, 3.05) is 12.4 Å². The van der Waals surface area contributed by atoms with Gasteiger partial charge in [0.15, 0.2) is 0 Å². The SMILES string of the molecule is CNc1cc(CSc2cccc(Cl)c2)ccn1. The van der Waals surface area contributed by atoms with Gasteiger partial charge < -0.3 is 5.32 Å². The summed E-state index contributed by atoms with van der Waals surface area (Å²) in [6.45, 7) is 0. The highest BCUT2D eigenvalue weighted by atomic mass is 35.5. The van der Waals surface area contributed by atoms with Crippen molar-refractivity contribution in [2.45, 2.75) is 10.6 Å². The Morgan fingerprint density at radius 3 is 2.94 bits per heavy atom. The topological polar surface area (TPSA) is 24.9 Å². The van der Waals surface area contributed by atoms with Crippen LogP contribution in [0.25, 0.3) is 0 Å². The van der Waals surface area contributed by atoms with Crippen molar-refractivity contribution in [1.29, 1.82) is 0 Å². The zero-order valence-corrected chi connectivity index (χ0v) is 11.1. The fraction of sp³-hybridized carbons (Fsp3) is 0.154. The molecule has 2 aromatic rings. The lowest BCUT2D eigenvalue weighted by atomic mass is 10.3. The van der Waals surface area contributed by atoms with Gasteiger partial charge in [0, 0.05) is 28.9 Å². The molecule has 0 radical (unpaired) electrons. The van der Waals surface area contributed by atoms with Gasteiger partial charge in [-0.1, -0.05) is 17.7 Å². The molecule has 1 aromatic heterocycles. The van der Waals surface area contributed by atoms with E-state index in [1.807, 2.05) is 37.5 Å². The maximum atomic E-state index is 5.94. The van der Waals surface area contributed by atoms with Gasteiger partial charge in [0.25, 0.3) is 0 Å². The van der Waals surface area contributed by atoms with E-state index in [-0.39, 0.29) is 0 Å². The summed E-state index contributed by atoms with van der Waals surface area (Å²) < 4.78 is 0. The molecule has 0 amide bonds. The average molecular weight is 265 g/mol. The van der Waals surface area contributed by atoms with E-state index in [1.54, 1.807) is 11.8 Å². The summed E-state index contributed by atoms with van der Waals surface area (Å²) in [5.74, 6) is 1.81. The van der Waals surface area contributed by atoms with Crippen molar-refractivity contribution >= 4 is 29.2 Å². The molecule has 0 saturated heterocycles. The number of benzene rings is 1. The van der Waals surface area contributed by atoms with Crippen LogP contribution in [0.2, 0.25) is 5.02 Å². The quantitative estimate of drug-likeness (QED) is 0.843. The van der Waals surface area contributed by atoms with Crippen molar-refractivity contribution in [3.05, 3.63) is 53.2 Å². The Kier molecular flexibility index (Phi) is 4.29. The number of hydrogen-bond acceptors (Lipinski definition) is 3. The maximum absolute atomic E-state index is 5.94. The zero-order chi connectivity index (χ0) is 12.1. The van der Waals surface area contributed by atoms with Crippen LogP contribution in [-0.2, 0) is 5.75 Å². The molecule has 0 aliphatic heterocycles. The van der Waals surface area contributed by atoms with Crippen LogP contribution in [0.4, 0.5) is 5.82 Å². The number of thioether (sulfide) groups is 1. The summed E-state index contributed by atoms with van der Waals surface area (Å²) in [5.41, 5.74) is 1.24. The number of halogens is 1. The first kappa shape index (κ1) is 12.3. The minimum atomic E-state index is 0.778. The Morgan fingerprint density at radius 1 is 1.29 bits per heavy atom. The first-order valence-corrected chi connectivity index (χ1v) is 6.65.